The largest absolute Gasteiger partial charge is 0.257 e. The van der Waals surface area contributed by atoms with Crippen LogP contribution >= 0.6 is 0 Å². The van der Waals surface area contributed by atoms with Crippen molar-refractivity contribution in [3.8, 4) is 0 Å². The molecule has 1 heterocycles. The van der Waals surface area contributed by atoms with Crippen LogP contribution in [0.1, 0.15) is 76.9 Å². The Hall–Kier alpha value is -0.850. The van der Waals surface area contributed by atoms with Gasteiger partial charge in [0.15, 0.2) is 0 Å². The van der Waals surface area contributed by atoms with Gasteiger partial charge in [0.25, 0.3) is 0 Å². The molecule has 0 unspecified atom stereocenters. The number of pyridine rings is 1. The zero-order valence-corrected chi connectivity index (χ0v) is 12.9. The van der Waals surface area contributed by atoms with E-state index < -0.39 is 0 Å². The Morgan fingerprint density at radius 3 is 2.06 bits per heavy atom. The van der Waals surface area contributed by atoms with Crippen LogP contribution in [0, 0.1) is 0 Å². The zero-order chi connectivity index (χ0) is 13.6. The van der Waals surface area contributed by atoms with Gasteiger partial charge in [0, 0.05) is 16.8 Å². The van der Waals surface area contributed by atoms with Crippen LogP contribution in [-0.2, 0) is 23.7 Å². The summed E-state index contributed by atoms with van der Waals surface area (Å²) in [5.41, 5.74) is 5.92. The van der Waals surface area contributed by atoms with Crippen molar-refractivity contribution in [2.45, 2.75) is 78.1 Å². The maximum atomic E-state index is 5.05. The maximum absolute atomic E-state index is 5.05. The summed E-state index contributed by atoms with van der Waals surface area (Å²) in [6.07, 6.45) is 5.02. The first kappa shape index (κ1) is 13.6. The van der Waals surface area contributed by atoms with E-state index in [1.807, 2.05) is 0 Å². The number of hydrogen-bond donors (Lipinski definition) is 0. The number of fused-ring (bicyclic) bond motifs is 1. The summed E-state index contributed by atoms with van der Waals surface area (Å²) in [6, 6.07) is 2.45. The molecule has 100 valence electrons. The lowest BCUT2D eigenvalue weighted by Crippen LogP contribution is -2.25. The Balaban J connectivity index is 2.63. The molecular weight excluding hydrogens is 218 g/mol. The fourth-order valence-electron chi connectivity index (χ4n) is 2.78. The smallest absolute Gasteiger partial charge is 0.0497 e. The second kappa shape index (κ2) is 4.36. The average Bonchev–Trinajstić information content (AvgIpc) is 2.25. The Kier molecular flexibility index (Phi) is 3.29. The fourth-order valence-corrected chi connectivity index (χ4v) is 2.78. The second-order valence-electron chi connectivity index (χ2n) is 7.70. The third kappa shape index (κ3) is 2.60. The lowest BCUT2D eigenvalue weighted by Gasteiger charge is -2.31. The molecular formula is C17H27N. The van der Waals surface area contributed by atoms with Crippen molar-refractivity contribution in [1.82, 2.24) is 4.98 Å². The van der Waals surface area contributed by atoms with Gasteiger partial charge in [0.2, 0.25) is 0 Å². The lowest BCUT2D eigenvalue weighted by atomic mass is 9.76. The highest BCUT2D eigenvalue weighted by Crippen LogP contribution is 2.35. The van der Waals surface area contributed by atoms with Crippen molar-refractivity contribution in [3.63, 3.8) is 0 Å². The molecule has 1 aliphatic rings. The molecule has 0 fully saturated rings. The van der Waals surface area contributed by atoms with Gasteiger partial charge in [-0.05, 0) is 42.2 Å². The summed E-state index contributed by atoms with van der Waals surface area (Å²) >= 11 is 0. The van der Waals surface area contributed by atoms with Crippen molar-refractivity contribution in [2.75, 3.05) is 0 Å². The molecule has 18 heavy (non-hydrogen) atoms. The second-order valence-corrected chi connectivity index (χ2v) is 7.70. The van der Waals surface area contributed by atoms with Crippen LogP contribution in [0.25, 0.3) is 0 Å². The molecule has 1 nitrogen and oxygen atoms in total. The predicted octanol–water partition coefficient (Wildman–Crippen LogP) is 4.56. The highest BCUT2D eigenvalue weighted by atomic mass is 14.8. The van der Waals surface area contributed by atoms with E-state index in [2.05, 4.69) is 47.6 Å². The lowest BCUT2D eigenvalue weighted by molar-refractivity contribution is 0.505. The molecule has 0 spiro atoms. The summed E-state index contributed by atoms with van der Waals surface area (Å²) in [6.45, 7) is 13.7. The third-order valence-corrected chi connectivity index (χ3v) is 3.82. The SMILES string of the molecule is CC(C)(C)c1cc2c(nc1C(C)(C)C)CCCC2. The Labute approximate surface area is 112 Å². The highest BCUT2D eigenvalue weighted by molar-refractivity contribution is 5.39. The van der Waals surface area contributed by atoms with Crippen LogP contribution < -0.4 is 0 Å². The van der Waals surface area contributed by atoms with Gasteiger partial charge in [-0.3, -0.25) is 4.98 Å². The van der Waals surface area contributed by atoms with Crippen molar-refractivity contribution in [3.05, 3.63) is 28.6 Å². The quantitative estimate of drug-likeness (QED) is 0.653. The Morgan fingerprint density at radius 1 is 0.889 bits per heavy atom. The van der Waals surface area contributed by atoms with E-state index in [0.717, 1.165) is 0 Å². The standard InChI is InChI=1S/C17H27N/c1-16(2,3)13-11-12-9-7-8-10-14(12)18-15(13)17(4,5)6/h11H,7-10H2,1-6H3. The minimum Gasteiger partial charge on any atom is -0.257 e. The molecule has 0 aliphatic heterocycles. The molecule has 0 atom stereocenters. The van der Waals surface area contributed by atoms with E-state index in [9.17, 15) is 0 Å². The van der Waals surface area contributed by atoms with Crippen LogP contribution in [0.2, 0.25) is 0 Å². The van der Waals surface area contributed by atoms with Crippen LogP contribution in [0.15, 0.2) is 6.07 Å². The zero-order valence-electron chi connectivity index (χ0n) is 12.9. The summed E-state index contributed by atoms with van der Waals surface area (Å²) in [5.74, 6) is 0. The van der Waals surface area contributed by atoms with Crippen molar-refractivity contribution >= 4 is 0 Å². The molecule has 0 aromatic carbocycles. The summed E-state index contributed by atoms with van der Waals surface area (Å²) < 4.78 is 0. The predicted molar refractivity (Wildman–Crippen MR) is 78.3 cm³/mol. The van der Waals surface area contributed by atoms with E-state index in [1.54, 1.807) is 0 Å². The molecule has 0 saturated heterocycles. The van der Waals surface area contributed by atoms with Crippen LogP contribution in [0.3, 0.4) is 0 Å². The van der Waals surface area contributed by atoms with Gasteiger partial charge in [-0.25, -0.2) is 0 Å². The van der Waals surface area contributed by atoms with E-state index in [0.29, 0.717) is 0 Å². The van der Waals surface area contributed by atoms with Crippen LogP contribution in [0.5, 0.6) is 0 Å². The van der Waals surface area contributed by atoms with Crippen LogP contribution in [-0.4, -0.2) is 4.98 Å². The number of aryl methyl sites for hydroxylation is 2. The molecule has 0 N–H and O–H groups in total. The number of hydrogen-bond acceptors (Lipinski definition) is 1. The van der Waals surface area contributed by atoms with E-state index in [-0.39, 0.29) is 10.8 Å². The minimum absolute atomic E-state index is 0.134. The molecule has 1 aromatic heterocycles. The minimum atomic E-state index is 0.134. The first-order chi connectivity index (χ1) is 8.19. The molecule has 2 rings (SSSR count). The van der Waals surface area contributed by atoms with Crippen molar-refractivity contribution in [1.29, 1.82) is 0 Å². The topological polar surface area (TPSA) is 12.9 Å². The summed E-state index contributed by atoms with van der Waals surface area (Å²) in [5, 5.41) is 0. The number of nitrogens with zero attached hydrogens (tertiary/aromatic N) is 1. The summed E-state index contributed by atoms with van der Waals surface area (Å²) in [7, 11) is 0. The van der Waals surface area contributed by atoms with Gasteiger partial charge in [-0.1, -0.05) is 47.6 Å². The van der Waals surface area contributed by atoms with E-state index in [1.165, 1.54) is 48.2 Å². The van der Waals surface area contributed by atoms with Gasteiger partial charge in [0.1, 0.15) is 0 Å². The first-order valence-corrected chi connectivity index (χ1v) is 7.23. The van der Waals surface area contributed by atoms with Gasteiger partial charge in [0.05, 0.1) is 0 Å². The third-order valence-electron chi connectivity index (χ3n) is 3.82. The molecule has 1 aliphatic carbocycles. The van der Waals surface area contributed by atoms with Crippen molar-refractivity contribution < 1.29 is 0 Å². The molecule has 0 saturated carbocycles. The molecule has 0 bridgehead atoms. The number of aromatic nitrogens is 1. The monoisotopic (exact) mass is 245 g/mol. The maximum Gasteiger partial charge on any atom is 0.0497 e. The first-order valence-electron chi connectivity index (χ1n) is 7.23. The highest BCUT2D eigenvalue weighted by Gasteiger charge is 2.28. The average molecular weight is 245 g/mol. The van der Waals surface area contributed by atoms with E-state index in [4.69, 9.17) is 4.98 Å². The number of rotatable bonds is 0. The fraction of sp³-hybridized carbons (Fsp3) is 0.706. The van der Waals surface area contributed by atoms with Gasteiger partial charge in [-0.2, -0.15) is 0 Å². The molecule has 1 aromatic rings. The molecule has 0 amide bonds. The van der Waals surface area contributed by atoms with Crippen molar-refractivity contribution in [2.24, 2.45) is 0 Å². The molecule has 0 radical (unpaired) electrons. The van der Waals surface area contributed by atoms with Crippen LogP contribution in [0.4, 0.5) is 0 Å². The Morgan fingerprint density at radius 2 is 1.50 bits per heavy atom. The van der Waals surface area contributed by atoms with Gasteiger partial charge in [-0.15, -0.1) is 0 Å². The van der Waals surface area contributed by atoms with Gasteiger partial charge >= 0.3 is 0 Å². The molecule has 1 heteroatoms. The van der Waals surface area contributed by atoms with E-state index >= 15 is 0 Å². The normalized spacial score (nSPS) is 16.6. The summed E-state index contributed by atoms with van der Waals surface area (Å²) in [4.78, 5) is 5.05. The Bertz CT molecular complexity index is 401. The van der Waals surface area contributed by atoms with Gasteiger partial charge < -0.3 is 0 Å².